The van der Waals surface area contributed by atoms with Crippen LogP contribution in [0.5, 0.6) is 0 Å². The van der Waals surface area contributed by atoms with Crippen LogP contribution in [0.4, 0.5) is 5.69 Å². The Morgan fingerprint density at radius 3 is 2.71 bits per heavy atom. The Balaban J connectivity index is 2.40. The molecule has 0 aliphatic carbocycles. The van der Waals surface area contributed by atoms with Gasteiger partial charge in [-0.1, -0.05) is 18.2 Å². The van der Waals surface area contributed by atoms with Gasteiger partial charge in [-0.05, 0) is 26.8 Å². The van der Waals surface area contributed by atoms with Crippen LogP contribution in [0.25, 0.3) is 10.9 Å². The minimum atomic E-state index is -1.11. The number of hydrogen-bond donors (Lipinski definition) is 2. The minimum absolute atomic E-state index is 0.0824. The van der Waals surface area contributed by atoms with Gasteiger partial charge in [0.1, 0.15) is 0 Å². The molecule has 1 aromatic heterocycles. The van der Waals surface area contributed by atoms with E-state index in [2.05, 4.69) is 15.5 Å². The fourth-order valence-corrected chi connectivity index (χ4v) is 2.13. The molecule has 0 bridgehead atoms. The fourth-order valence-electron chi connectivity index (χ4n) is 2.13. The number of carboxylic acid groups (broad SMARTS) is 1. The van der Waals surface area contributed by atoms with Crippen LogP contribution < -0.4 is 5.32 Å². The molecule has 0 fully saturated rings. The van der Waals surface area contributed by atoms with E-state index in [9.17, 15) is 9.90 Å². The summed E-state index contributed by atoms with van der Waals surface area (Å²) in [7, 11) is 0. The largest absolute Gasteiger partial charge is 0.476 e. The molecule has 0 aliphatic rings. The number of nitrogens with one attached hydrogen (secondary N) is 1. The van der Waals surface area contributed by atoms with Crippen molar-refractivity contribution in [2.24, 2.45) is 0 Å². The Labute approximate surface area is 123 Å². The molecule has 0 unspecified atom stereocenters. The highest BCUT2D eigenvalue weighted by Crippen LogP contribution is 2.25. The quantitative estimate of drug-likeness (QED) is 0.850. The van der Waals surface area contributed by atoms with E-state index in [1.165, 1.54) is 0 Å². The molecule has 0 amide bonds. The predicted octanol–water partition coefficient (Wildman–Crippen LogP) is 2.56. The molecule has 0 radical (unpaired) electrons. The maximum absolute atomic E-state index is 11.3. The predicted molar refractivity (Wildman–Crippen MR) is 80.7 cm³/mol. The first-order valence-corrected chi connectivity index (χ1v) is 6.81. The molecule has 2 aromatic rings. The summed E-state index contributed by atoms with van der Waals surface area (Å²) in [6.45, 7) is 6.88. The van der Waals surface area contributed by atoms with Crippen LogP contribution in [-0.4, -0.2) is 40.0 Å². The average Bonchev–Trinajstić information content (AvgIpc) is 2.44. The summed E-state index contributed by atoms with van der Waals surface area (Å²) in [5.74, 6) is -1.11. The second kappa shape index (κ2) is 6.05. The lowest BCUT2D eigenvalue weighted by molar-refractivity contribution is 0.000672. The third-order valence-electron chi connectivity index (χ3n) is 3.10. The molecule has 2 N–H and O–H groups in total. The van der Waals surface area contributed by atoms with Crippen LogP contribution >= 0.6 is 0 Å². The third-order valence-corrected chi connectivity index (χ3v) is 3.10. The maximum atomic E-state index is 11.3. The topological polar surface area (TPSA) is 84.3 Å². The summed E-state index contributed by atoms with van der Waals surface area (Å²) in [6, 6.07) is 7.30. The lowest BCUT2D eigenvalue weighted by Gasteiger charge is -2.26. The number of aromatic nitrogens is 2. The zero-order valence-electron chi connectivity index (χ0n) is 12.4. The highest BCUT2D eigenvalue weighted by Gasteiger charge is 2.21. The normalized spacial score (nSPS) is 11.6. The number of hydrogen-bond acceptors (Lipinski definition) is 5. The summed E-state index contributed by atoms with van der Waals surface area (Å²) >= 11 is 0. The Bertz CT molecular complexity index is 656. The number of carboxylic acids is 1. The molecule has 6 heteroatoms. The van der Waals surface area contributed by atoms with Gasteiger partial charge in [0.15, 0.2) is 5.69 Å². The van der Waals surface area contributed by atoms with Gasteiger partial charge in [-0.15, -0.1) is 10.2 Å². The number of nitrogens with zero attached hydrogens (tertiary/aromatic N) is 2. The molecule has 0 atom stereocenters. The smallest absolute Gasteiger partial charge is 0.358 e. The number of fused-ring (bicyclic) bond motifs is 1. The van der Waals surface area contributed by atoms with Crippen molar-refractivity contribution in [2.75, 3.05) is 18.5 Å². The number of carbonyl (C=O) groups is 1. The Morgan fingerprint density at radius 1 is 1.33 bits per heavy atom. The van der Waals surface area contributed by atoms with E-state index >= 15 is 0 Å². The fraction of sp³-hybridized carbons (Fsp3) is 0.400. The van der Waals surface area contributed by atoms with Crippen LogP contribution in [0.2, 0.25) is 0 Å². The first kappa shape index (κ1) is 15.2. The summed E-state index contributed by atoms with van der Waals surface area (Å²) in [5, 5.41) is 20.9. The second-order valence-corrected chi connectivity index (χ2v) is 5.29. The lowest BCUT2D eigenvalue weighted by Crippen LogP contribution is -2.34. The molecule has 0 spiro atoms. The van der Waals surface area contributed by atoms with Crippen molar-refractivity contribution in [3.8, 4) is 0 Å². The van der Waals surface area contributed by atoms with Crippen LogP contribution in [0, 0.1) is 0 Å². The van der Waals surface area contributed by atoms with Crippen LogP contribution in [-0.2, 0) is 4.74 Å². The van der Waals surface area contributed by atoms with Crippen molar-refractivity contribution in [3.63, 3.8) is 0 Å². The zero-order chi connectivity index (χ0) is 15.5. The lowest BCUT2D eigenvalue weighted by atomic mass is 10.1. The number of rotatable bonds is 6. The van der Waals surface area contributed by atoms with Gasteiger partial charge in [0.25, 0.3) is 0 Å². The molecule has 0 saturated heterocycles. The third kappa shape index (κ3) is 3.46. The van der Waals surface area contributed by atoms with Gasteiger partial charge in [0, 0.05) is 18.5 Å². The van der Waals surface area contributed by atoms with E-state index in [-0.39, 0.29) is 5.69 Å². The van der Waals surface area contributed by atoms with Crippen LogP contribution in [0.15, 0.2) is 24.3 Å². The van der Waals surface area contributed by atoms with E-state index < -0.39 is 11.6 Å². The molecular formula is C15H19N3O3. The number of aromatic carboxylic acids is 1. The first-order valence-electron chi connectivity index (χ1n) is 6.81. The van der Waals surface area contributed by atoms with Crippen molar-refractivity contribution in [1.82, 2.24) is 10.2 Å². The Kier molecular flexibility index (Phi) is 4.37. The maximum Gasteiger partial charge on any atom is 0.358 e. The molecule has 1 aromatic carbocycles. The van der Waals surface area contributed by atoms with Crippen LogP contribution in [0.1, 0.15) is 31.3 Å². The highest BCUT2D eigenvalue weighted by molar-refractivity contribution is 6.02. The zero-order valence-corrected chi connectivity index (χ0v) is 12.4. The van der Waals surface area contributed by atoms with E-state index in [1.807, 2.05) is 39.0 Å². The molecule has 1 heterocycles. The van der Waals surface area contributed by atoms with Gasteiger partial charge in [0.05, 0.1) is 16.8 Å². The van der Waals surface area contributed by atoms with Crippen molar-refractivity contribution in [2.45, 2.75) is 26.4 Å². The van der Waals surface area contributed by atoms with E-state index in [1.54, 1.807) is 6.07 Å². The Hall–Kier alpha value is -2.21. The van der Waals surface area contributed by atoms with E-state index in [0.29, 0.717) is 24.4 Å². The minimum Gasteiger partial charge on any atom is -0.476 e. The van der Waals surface area contributed by atoms with Crippen molar-refractivity contribution >= 4 is 22.6 Å². The molecule has 0 saturated carbocycles. The molecule has 0 aliphatic heterocycles. The van der Waals surface area contributed by atoms with Crippen molar-refractivity contribution < 1.29 is 14.6 Å². The van der Waals surface area contributed by atoms with Gasteiger partial charge in [0.2, 0.25) is 0 Å². The molecular weight excluding hydrogens is 270 g/mol. The summed E-state index contributed by atoms with van der Waals surface area (Å²) < 4.78 is 5.62. The monoisotopic (exact) mass is 289 g/mol. The van der Waals surface area contributed by atoms with Gasteiger partial charge in [-0.3, -0.25) is 0 Å². The Morgan fingerprint density at radius 2 is 2.05 bits per heavy atom. The first-order chi connectivity index (χ1) is 9.94. The standard InChI is InChI=1S/C15H19N3O3/c1-4-21-15(2,3)9-16-12-10-7-5-6-8-11(10)17-18-13(12)14(19)20/h5-8H,4,9H2,1-3H3,(H,16,17)(H,19,20). The highest BCUT2D eigenvalue weighted by atomic mass is 16.5. The van der Waals surface area contributed by atoms with Crippen LogP contribution in [0.3, 0.4) is 0 Å². The van der Waals surface area contributed by atoms with Crippen molar-refractivity contribution in [3.05, 3.63) is 30.0 Å². The second-order valence-electron chi connectivity index (χ2n) is 5.29. The SMILES string of the molecule is CCOC(C)(C)CNc1c(C(=O)O)nnc2ccccc12. The van der Waals surface area contributed by atoms with Crippen molar-refractivity contribution in [1.29, 1.82) is 0 Å². The summed E-state index contributed by atoms with van der Waals surface area (Å²) in [5.41, 5.74) is 0.635. The molecule has 6 nitrogen and oxygen atoms in total. The summed E-state index contributed by atoms with van der Waals surface area (Å²) in [4.78, 5) is 11.3. The van der Waals surface area contributed by atoms with Gasteiger partial charge < -0.3 is 15.2 Å². The number of ether oxygens (including phenoxy) is 1. The summed E-state index contributed by atoms with van der Waals surface area (Å²) in [6.07, 6.45) is 0. The number of anilines is 1. The van der Waals surface area contributed by atoms with Gasteiger partial charge >= 0.3 is 5.97 Å². The molecule has 112 valence electrons. The van der Waals surface area contributed by atoms with Gasteiger partial charge in [-0.2, -0.15) is 0 Å². The number of benzene rings is 1. The molecule has 21 heavy (non-hydrogen) atoms. The molecule has 2 rings (SSSR count). The average molecular weight is 289 g/mol. The van der Waals surface area contributed by atoms with Gasteiger partial charge in [-0.25, -0.2) is 4.79 Å². The van der Waals surface area contributed by atoms with E-state index in [0.717, 1.165) is 5.39 Å². The van der Waals surface area contributed by atoms with E-state index in [4.69, 9.17) is 4.74 Å².